The molecule has 7 nitrogen and oxygen atoms in total. The molecule has 9 heteroatoms. The minimum atomic E-state index is -1.40. The summed E-state index contributed by atoms with van der Waals surface area (Å²) < 4.78 is 12.7. The first kappa shape index (κ1) is 28.5. The predicted molar refractivity (Wildman–Crippen MR) is 155 cm³/mol. The predicted octanol–water partition coefficient (Wildman–Crippen LogP) is 4.55. The van der Waals surface area contributed by atoms with Gasteiger partial charge in [0.25, 0.3) is 0 Å². The maximum absolute atomic E-state index is 13.4. The topological polar surface area (TPSA) is 105 Å². The average molecular weight is 573 g/mol. The van der Waals surface area contributed by atoms with E-state index in [1.807, 2.05) is 30.3 Å². The van der Waals surface area contributed by atoms with Gasteiger partial charge in [-0.15, -0.1) is 11.3 Å². The second kappa shape index (κ2) is 12.2. The van der Waals surface area contributed by atoms with Gasteiger partial charge in [0.2, 0.25) is 5.91 Å². The zero-order chi connectivity index (χ0) is 27.6. The van der Waals surface area contributed by atoms with Gasteiger partial charge in [0.05, 0.1) is 19.3 Å². The third-order valence-corrected chi connectivity index (χ3v) is 9.50. The lowest BCUT2D eigenvalue weighted by Gasteiger charge is -2.44. The van der Waals surface area contributed by atoms with E-state index in [-0.39, 0.29) is 24.4 Å². The number of methoxy groups -OCH3 is 1. The van der Waals surface area contributed by atoms with Crippen molar-refractivity contribution in [2.45, 2.75) is 56.0 Å². The fraction of sp³-hybridized carbons (Fsp3) is 0.500. The van der Waals surface area contributed by atoms with Crippen LogP contribution in [-0.2, 0) is 19.9 Å². The number of amides is 1. The molecule has 4 N–H and O–H groups in total. The minimum Gasteiger partial charge on any atom is -0.391 e. The molecule has 2 aliphatic rings. The highest BCUT2D eigenvalue weighted by molar-refractivity contribution is 7.17. The zero-order valence-corrected chi connectivity index (χ0v) is 23.8. The molecule has 0 unspecified atom stereocenters. The highest BCUT2D eigenvalue weighted by atomic mass is 35.5. The Morgan fingerprint density at radius 2 is 2.05 bits per heavy atom. The number of ether oxygens (including phenoxy) is 2. The number of fused-ring (bicyclic) bond motifs is 1. The SMILES string of the molecule is COCCCC[C@@](O)(c1cccc(Cl)c1-c1csc2ccccc12)[C@H]1CN(C(=O)[C@H]2C[C@@H](N)[C@@H](O)C2)CCO1. The average Bonchev–Trinajstić information content (AvgIpc) is 3.53. The van der Waals surface area contributed by atoms with Gasteiger partial charge in [0.15, 0.2) is 0 Å². The normalized spacial score (nSPS) is 25.2. The Hall–Kier alpha value is -2.04. The maximum Gasteiger partial charge on any atom is 0.226 e. The second-order valence-corrected chi connectivity index (χ2v) is 12.0. The summed E-state index contributed by atoms with van der Waals surface area (Å²) >= 11 is 8.52. The molecule has 5 atom stereocenters. The number of nitrogens with two attached hydrogens (primary N) is 1. The van der Waals surface area contributed by atoms with Crippen molar-refractivity contribution in [2.24, 2.45) is 11.7 Å². The second-order valence-electron chi connectivity index (χ2n) is 10.7. The van der Waals surface area contributed by atoms with Crippen LogP contribution in [0.1, 0.15) is 37.7 Å². The smallest absolute Gasteiger partial charge is 0.226 e. The number of halogens is 1. The molecular weight excluding hydrogens is 536 g/mol. The summed E-state index contributed by atoms with van der Waals surface area (Å²) in [6, 6.07) is 13.4. The Morgan fingerprint density at radius 3 is 2.82 bits per heavy atom. The Bertz CT molecular complexity index is 1290. The minimum absolute atomic E-state index is 0.0350. The summed E-state index contributed by atoms with van der Waals surface area (Å²) in [7, 11) is 1.67. The number of thiophene rings is 1. The van der Waals surface area contributed by atoms with Crippen molar-refractivity contribution in [2.75, 3.05) is 33.4 Å². The van der Waals surface area contributed by atoms with E-state index in [2.05, 4.69) is 17.5 Å². The molecule has 210 valence electrons. The van der Waals surface area contributed by atoms with Crippen LogP contribution in [-0.4, -0.2) is 72.7 Å². The zero-order valence-electron chi connectivity index (χ0n) is 22.2. The maximum atomic E-state index is 13.4. The van der Waals surface area contributed by atoms with Crippen LogP contribution in [0, 0.1) is 5.92 Å². The van der Waals surface area contributed by atoms with Gasteiger partial charge in [-0.2, -0.15) is 0 Å². The molecule has 1 aliphatic carbocycles. The van der Waals surface area contributed by atoms with Gasteiger partial charge in [-0.25, -0.2) is 0 Å². The number of hydrogen-bond acceptors (Lipinski definition) is 7. The van der Waals surface area contributed by atoms with Crippen LogP contribution in [0.3, 0.4) is 0 Å². The monoisotopic (exact) mass is 572 g/mol. The third-order valence-electron chi connectivity index (χ3n) is 8.22. The number of rotatable bonds is 9. The van der Waals surface area contributed by atoms with E-state index in [1.165, 1.54) is 0 Å². The van der Waals surface area contributed by atoms with Gasteiger partial charge in [0.1, 0.15) is 11.7 Å². The van der Waals surface area contributed by atoms with Crippen molar-refractivity contribution in [1.82, 2.24) is 4.90 Å². The number of carbonyl (C=O) groups is 1. The molecule has 1 saturated heterocycles. The molecule has 1 amide bonds. The van der Waals surface area contributed by atoms with E-state index >= 15 is 0 Å². The number of unbranched alkanes of at least 4 members (excludes halogenated alkanes) is 1. The molecule has 1 saturated carbocycles. The summed E-state index contributed by atoms with van der Waals surface area (Å²) in [5, 5.41) is 26.5. The van der Waals surface area contributed by atoms with Crippen LogP contribution in [0.4, 0.5) is 0 Å². The van der Waals surface area contributed by atoms with Crippen LogP contribution >= 0.6 is 22.9 Å². The third kappa shape index (κ3) is 5.75. The van der Waals surface area contributed by atoms with E-state index in [4.69, 9.17) is 26.8 Å². The summed E-state index contributed by atoms with van der Waals surface area (Å²) in [5.74, 6) is -0.352. The van der Waals surface area contributed by atoms with Crippen LogP contribution < -0.4 is 5.73 Å². The summed E-state index contributed by atoms with van der Waals surface area (Å²) in [5.41, 5.74) is 7.07. The van der Waals surface area contributed by atoms with Gasteiger partial charge >= 0.3 is 0 Å². The molecule has 0 radical (unpaired) electrons. The molecule has 0 bridgehead atoms. The fourth-order valence-electron chi connectivity index (χ4n) is 6.09. The first-order chi connectivity index (χ1) is 18.8. The molecule has 3 aromatic rings. The lowest BCUT2D eigenvalue weighted by atomic mass is 9.79. The van der Waals surface area contributed by atoms with Crippen molar-refractivity contribution in [3.05, 3.63) is 58.4 Å². The molecule has 2 fully saturated rings. The molecule has 1 aliphatic heterocycles. The molecule has 39 heavy (non-hydrogen) atoms. The number of nitrogens with zero attached hydrogens (tertiary/aromatic N) is 1. The molecule has 1 aromatic heterocycles. The van der Waals surface area contributed by atoms with E-state index in [9.17, 15) is 15.0 Å². The summed E-state index contributed by atoms with van der Waals surface area (Å²) in [6.07, 6.45) is 1.43. The standard InChI is InChI=1S/C30H37ClN2O5S/c1-37-13-5-4-11-30(36,27-17-33(12-14-38-27)29(35)19-15-24(32)25(34)16-19)22-8-6-9-23(31)28(22)21-18-39-26-10-3-2-7-20(21)26/h2-3,6-10,18-19,24-25,27,34,36H,4-5,11-17,32H2,1H3/t19-,24+,25-,27+,30+/m0/s1. The number of aliphatic hydroxyl groups is 2. The molecule has 0 spiro atoms. The Labute approximate surface area is 238 Å². The number of carbonyl (C=O) groups excluding carboxylic acids is 1. The van der Waals surface area contributed by atoms with E-state index in [0.29, 0.717) is 56.0 Å². The number of hydrogen-bond donors (Lipinski definition) is 3. The largest absolute Gasteiger partial charge is 0.391 e. The number of morpholine rings is 1. The lowest BCUT2D eigenvalue weighted by molar-refractivity contribution is -0.167. The Kier molecular flexibility index (Phi) is 8.93. The van der Waals surface area contributed by atoms with Crippen molar-refractivity contribution >= 4 is 38.9 Å². The molecule has 5 rings (SSSR count). The summed E-state index contributed by atoms with van der Waals surface area (Å²) in [6.45, 7) is 1.59. The van der Waals surface area contributed by atoms with Crippen LogP contribution in [0.25, 0.3) is 21.2 Å². The number of benzene rings is 2. The first-order valence-electron chi connectivity index (χ1n) is 13.6. The van der Waals surface area contributed by atoms with Gasteiger partial charge in [0, 0.05) is 58.5 Å². The van der Waals surface area contributed by atoms with E-state index in [0.717, 1.165) is 27.6 Å². The van der Waals surface area contributed by atoms with Gasteiger partial charge < -0.3 is 30.3 Å². The molecule has 2 heterocycles. The van der Waals surface area contributed by atoms with Crippen molar-refractivity contribution in [3.63, 3.8) is 0 Å². The van der Waals surface area contributed by atoms with Crippen molar-refractivity contribution in [1.29, 1.82) is 0 Å². The van der Waals surface area contributed by atoms with Gasteiger partial charge in [-0.3, -0.25) is 4.79 Å². The molecule has 2 aromatic carbocycles. The quantitative estimate of drug-likeness (QED) is 0.325. The van der Waals surface area contributed by atoms with E-state index < -0.39 is 17.8 Å². The van der Waals surface area contributed by atoms with Gasteiger partial charge in [-0.1, -0.05) is 41.9 Å². The first-order valence-corrected chi connectivity index (χ1v) is 14.9. The Morgan fingerprint density at radius 1 is 1.23 bits per heavy atom. The van der Waals surface area contributed by atoms with E-state index in [1.54, 1.807) is 23.3 Å². The molecular formula is C30H37ClN2O5S. The van der Waals surface area contributed by atoms with Gasteiger partial charge in [-0.05, 0) is 55.2 Å². The number of aliphatic hydroxyl groups excluding tert-OH is 1. The highest BCUT2D eigenvalue weighted by Crippen LogP contribution is 2.46. The van der Waals surface area contributed by atoms with Crippen molar-refractivity contribution in [3.8, 4) is 11.1 Å². The van der Waals surface area contributed by atoms with Crippen LogP contribution in [0.5, 0.6) is 0 Å². The van der Waals surface area contributed by atoms with Crippen LogP contribution in [0.2, 0.25) is 5.02 Å². The summed E-state index contributed by atoms with van der Waals surface area (Å²) in [4.78, 5) is 15.2. The van der Waals surface area contributed by atoms with Crippen molar-refractivity contribution < 1.29 is 24.5 Å². The fourth-order valence-corrected chi connectivity index (χ4v) is 7.31. The Balaban J connectivity index is 1.51. The lowest BCUT2D eigenvalue weighted by Crippen LogP contribution is -2.55. The van der Waals surface area contributed by atoms with Crippen LogP contribution in [0.15, 0.2) is 47.8 Å². The highest BCUT2D eigenvalue weighted by Gasteiger charge is 2.46.